The van der Waals surface area contributed by atoms with Crippen molar-refractivity contribution in [3.8, 4) is 6.01 Å². The van der Waals surface area contributed by atoms with Crippen LogP contribution in [0.3, 0.4) is 0 Å². The summed E-state index contributed by atoms with van der Waals surface area (Å²) in [5, 5.41) is 21.0. The number of alkyl halides is 3. The molecule has 1 heterocycles. The van der Waals surface area contributed by atoms with Crippen LogP contribution in [0.4, 0.5) is 30.8 Å². The summed E-state index contributed by atoms with van der Waals surface area (Å²) >= 11 is 6.01. The minimum atomic E-state index is -4.63. The second kappa shape index (κ2) is 15.3. The van der Waals surface area contributed by atoms with Crippen LogP contribution >= 0.6 is 11.6 Å². The van der Waals surface area contributed by atoms with E-state index in [0.717, 1.165) is 18.4 Å². The number of benzene rings is 2. The van der Waals surface area contributed by atoms with Crippen molar-refractivity contribution in [2.45, 2.75) is 63.2 Å². The maximum atomic E-state index is 12.9. The van der Waals surface area contributed by atoms with Crippen molar-refractivity contribution in [2.24, 2.45) is 11.8 Å². The molecule has 1 aromatic heterocycles. The third-order valence-electron chi connectivity index (χ3n) is 8.39. The third kappa shape index (κ3) is 10.3. The summed E-state index contributed by atoms with van der Waals surface area (Å²) in [7, 11) is 0. The van der Waals surface area contributed by atoms with Gasteiger partial charge in [0.15, 0.2) is 6.61 Å². The fourth-order valence-electron chi connectivity index (χ4n) is 5.25. The minimum Gasteiger partial charge on any atom is -0.480 e. The monoisotopic (exact) mass is 717 g/mol. The Kier molecular flexibility index (Phi) is 11.1. The van der Waals surface area contributed by atoms with Crippen LogP contribution in [0.5, 0.6) is 6.01 Å². The Labute approximate surface area is 289 Å². The summed E-state index contributed by atoms with van der Waals surface area (Å²) in [6.07, 6.45) is -1.15. The van der Waals surface area contributed by atoms with Crippen LogP contribution in [0.2, 0.25) is 5.02 Å². The number of ketones is 1. The number of carboxylic acid groups (broad SMARTS) is 1. The molecule has 2 amide bonds. The number of rotatable bonds is 17. The lowest BCUT2D eigenvalue weighted by atomic mass is 9.99. The van der Waals surface area contributed by atoms with Gasteiger partial charge in [-0.3, -0.25) is 14.4 Å². The number of hydrogen-bond acceptors (Lipinski definition) is 10. The number of carboxylic acids is 1. The molecule has 17 heteroatoms. The van der Waals surface area contributed by atoms with Crippen molar-refractivity contribution >= 4 is 52.8 Å². The molecule has 0 aliphatic heterocycles. The summed E-state index contributed by atoms with van der Waals surface area (Å²) < 4.78 is 43.5. The van der Waals surface area contributed by atoms with E-state index in [4.69, 9.17) is 16.3 Å². The Balaban J connectivity index is 1.20. The zero-order chi connectivity index (χ0) is 36.1. The van der Waals surface area contributed by atoms with Crippen molar-refractivity contribution in [3.63, 3.8) is 0 Å². The molecule has 3 aromatic rings. The number of nitrogens with zero attached hydrogens (tertiary/aromatic N) is 3. The van der Waals surface area contributed by atoms with Gasteiger partial charge >= 0.3 is 18.2 Å². The van der Waals surface area contributed by atoms with Gasteiger partial charge in [0, 0.05) is 29.2 Å². The zero-order valence-corrected chi connectivity index (χ0v) is 27.6. The minimum absolute atomic E-state index is 0.0313. The van der Waals surface area contributed by atoms with Gasteiger partial charge in [0.05, 0.1) is 5.54 Å². The summed E-state index contributed by atoms with van der Waals surface area (Å²) in [5.41, 5.74) is 0.783. The Bertz CT molecular complexity index is 1720. The van der Waals surface area contributed by atoms with Crippen molar-refractivity contribution in [3.05, 3.63) is 64.7 Å². The Morgan fingerprint density at radius 2 is 1.66 bits per heavy atom. The van der Waals surface area contributed by atoms with Gasteiger partial charge in [0.1, 0.15) is 6.04 Å². The topological polar surface area (TPSA) is 185 Å². The highest BCUT2D eigenvalue weighted by molar-refractivity contribution is 6.36. The van der Waals surface area contributed by atoms with E-state index < -0.39 is 53.9 Å². The first-order valence-electron chi connectivity index (χ1n) is 15.9. The van der Waals surface area contributed by atoms with E-state index in [0.29, 0.717) is 29.5 Å². The number of amides is 2. The number of hydrogen-bond donors (Lipinski definition) is 5. The molecule has 5 N–H and O–H groups in total. The lowest BCUT2D eigenvalue weighted by Crippen LogP contribution is -2.43. The predicted molar refractivity (Wildman–Crippen MR) is 175 cm³/mol. The van der Waals surface area contributed by atoms with Crippen molar-refractivity contribution in [1.82, 2.24) is 25.6 Å². The van der Waals surface area contributed by atoms with Gasteiger partial charge in [-0.2, -0.15) is 28.1 Å². The van der Waals surface area contributed by atoms with Crippen LogP contribution in [-0.4, -0.2) is 69.0 Å². The summed E-state index contributed by atoms with van der Waals surface area (Å²) in [6.45, 7) is 0.160. The highest BCUT2D eigenvalue weighted by Gasteiger charge is 2.45. The highest BCUT2D eigenvalue weighted by atomic mass is 35.5. The molecule has 2 aliphatic rings. The van der Waals surface area contributed by atoms with Gasteiger partial charge in [0.25, 0.3) is 11.8 Å². The lowest BCUT2D eigenvalue weighted by molar-refractivity contribution is -0.154. The SMILES string of the molecule is CC(CC(=O)C(=O)NCC[C@H](NC(=O)c1ccc(Nc2nc(NC3(c4ccc(Cl)cc4)CC3)nc(OCC(F)(F)F)n2)cc1)C(=O)O)C1CC1. The summed E-state index contributed by atoms with van der Waals surface area (Å²) in [6, 6.07) is 10.9. The molecule has 2 aliphatic carbocycles. The number of carbonyl (C=O) groups excluding carboxylic acids is 3. The van der Waals surface area contributed by atoms with E-state index in [2.05, 4.69) is 36.2 Å². The molecule has 2 fully saturated rings. The molecule has 0 radical (unpaired) electrons. The van der Waals surface area contributed by atoms with Gasteiger partial charge in [-0.25, -0.2) is 4.79 Å². The lowest BCUT2D eigenvalue weighted by Gasteiger charge is -2.19. The number of aromatic nitrogens is 3. The van der Waals surface area contributed by atoms with Crippen LogP contribution in [0.1, 0.15) is 61.4 Å². The van der Waals surface area contributed by atoms with Crippen molar-refractivity contribution in [1.29, 1.82) is 0 Å². The Morgan fingerprint density at radius 1 is 1.00 bits per heavy atom. The number of halogens is 4. The number of aliphatic carboxylic acids is 1. The standard InChI is InChI=1S/C33H35ClF3N7O6/c1-18(19-2-3-19)16-25(45)27(47)38-15-12-24(28(48)49)40-26(46)20-4-10-23(11-5-20)39-29-41-30(43-31(42-29)50-17-33(35,36)37)44-32(13-14-32)21-6-8-22(34)9-7-21/h4-11,18-19,24H,2-3,12-17H2,1H3,(H,38,47)(H,40,46)(H,48,49)(H2,39,41,42,43,44)/t18?,24-/m0/s1. The quantitative estimate of drug-likeness (QED) is 0.118. The fourth-order valence-corrected chi connectivity index (χ4v) is 5.38. The van der Waals surface area contributed by atoms with Crippen LogP contribution in [0.25, 0.3) is 0 Å². The predicted octanol–water partition coefficient (Wildman–Crippen LogP) is 5.01. The molecular formula is C33H35ClF3N7O6. The normalized spacial score (nSPS) is 16.0. The van der Waals surface area contributed by atoms with Crippen LogP contribution < -0.4 is 26.0 Å². The van der Waals surface area contributed by atoms with Crippen LogP contribution in [0.15, 0.2) is 48.5 Å². The molecule has 266 valence electrons. The number of anilines is 3. The van der Waals surface area contributed by atoms with Crippen LogP contribution in [0, 0.1) is 11.8 Å². The molecule has 2 aromatic carbocycles. The van der Waals surface area contributed by atoms with E-state index in [-0.39, 0.29) is 42.8 Å². The van der Waals surface area contributed by atoms with E-state index in [1.54, 1.807) is 12.1 Å². The van der Waals surface area contributed by atoms with E-state index in [9.17, 15) is 37.5 Å². The van der Waals surface area contributed by atoms with Gasteiger partial charge in [0.2, 0.25) is 17.7 Å². The molecule has 5 rings (SSSR count). The summed E-state index contributed by atoms with van der Waals surface area (Å²) in [4.78, 5) is 61.2. The average molecular weight is 718 g/mol. The Hall–Kier alpha value is -4.99. The molecule has 2 atom stereocenters. The fraction of sp³-hybridized carbons (Fsp3) is 0.424. The molecule has 0 spiro atoms. The zero-order valence-electron chi connectivity index (χ0n) is 26.8. The van der Waals surface area contributed by atoms with Crippen molar-refractivity contribution in [2.75, 3.05) is 23.8 Å². The largest absolute Gasteiger partial charge is 0.480 e. The molecule has 50 heavy (non-hydrogen) atoms. The van der Waals surface area contributed by atoms with E-state index >= 15 is 0 Å². The highest BCUT2D eigenvalue weighted by Crippen LogP contribution is 2.48. The number of nitrogens with one attached hydrogen (secondary N) is 4. The van der Waals surface area contributed by atoms with Gasteiger partial charge in [-0.05, 0) is 85.9 Å². The Morgan fingerprint density at radius 3 is 2.26 bits per heavy atom. The van der Waals surface area contributed by atoms with Crippen molar-refractivity contribution < 1.29 is 42.2 Å². The molecule has 13 nitrogen and oxygen atoms in total. The number of Topliss-reactive ketones (excluding diaryl/α,β-unsaturated/α-hetero) is 1. The smallest absolute Gasteiger partial charge is 0.422 e. The maximum absolute atomic E-state index is 12.9. The second-order valence-electron chi connectivity index (χ2n) is 12.4. The van der Waals surface area contributed by atoms with E-state index in [1.165, 1.54) is 24.3 Å². The molecule has 1 unspecified atom stereocenters. The first-order chi connectivity index (χ1) is 23.7. The molecule has 2 saturated carbocycles. The number of ether oxygens (including phenoxy) is 1. The number of carbonyl (C=O) groups is 4. The second-order valence-corrected chi connectivity index (χ2v) is 12.9. The first kappa shape index (κ1) is 36.3. The maximum Gasteiger partial charge on any atom is 0.422 e. The van der Waals surface area contributed by atoms with Crippen LogP contribution in [-0.2, 0) is 19.9 Å². The average Bonchev–Trinajstić information content (AvgIpc) is 4.00. The molecular weight excluding hydrogens is 683 g/mol. The van der Waals surface area contributed by atoms with Gasteiger partial charge in [-0.15, -0.1) is 0 Å². The third-order valence-corrected chi connectivity index (χ3v) is 8.64. The first-order valence-corrected chi connectivity index (χ1v) is 16.3. The summed E-state index contributed by atoms with van der Waals surface area (Å²) in [5.74, 6) is -2.99. The van der Waals surface area contributed by atoms with Gasteiger partial charge in [-0.1, -0.05) is 30.7 Å². The molecule has 0 bridgehead atoms. The van der Waals surface area contributed by atoms with E-state index in [1.807, 2.05) is 19.1 Å². The molecule has 0 saturated heterocycles. The van der Waals surface area contributed by atoms with Gasteiger partial charge < -0.3 is 31.1 Å².